The number of unbranched alkanes of at least 4 members (excludes halogenated alkanes) is 1. The number of hydrogen-bond donors (Lipinski definition) is 4. The van der Waals surface area contributed by atoms with Crippen molar-refractivity contribution in [2.24, 2.45) is 11.5 Å². The zero-order chi connectivity index (χ0) is 31.2. The van der Waals surface area contributed by atoms with E-state index in [9.17, 15) is 14.4 Å². The second-order valence-corrected chi connectivity index (χ2v) is 11.1. The molecule has 9 heteroatoms. The Morgan fingerprint density at radius 2 is 1.61 bits per heavy atom. The molecular formula is C35H45FmN4O4-. The first-order chi connectivity index (χ1) is 20.7. The molecule has 3 amide bonds. The Morgan fingerprint density at radius 3 is 2.23 bits per heavy atom. The zero-order valence-electron chi connectivity index (χ0n) is 25.9. The summed E-state index contributed by atoms with van der Waals surface area (Å²) in [4.78, 5) is 36.5. The zero-order valence-corrected chi connectivity index (χ0v) is 28.3. The van der Waals surface area contributed by atoms with Gasteiger partial charge in [-0.05, 0) is 105 Å². The van der Waals surface area contributed by atoms with Gasteiger partial charge in [0.25, 0.3) is 0 Å². The molecule has 0 aliphatic rings. The molecule has 3 aromatic rings. The molecule has 44 heavy (non-hydrogen) atoms. The second-order valence-electron chi connectivity index (χ2n) is 11.1. The van der Waals surface area contributed by atoms with Crippen LogP contribution in [0.3, 0.4) is 0 Å². The Morgan fingerprint density at radius 1 is 0.909 bits per heavy atom. The SMILES string of the molecule is CCc1cc(OCCCCN)ccc1-c1ccc(C[C@H](N[C-]=O)C(=O)NC(CCCc2cc(C)cc(C)c2)C(N)=O)cc1.[Fm]. The number of amides is 3. The summed E-state index contributed by atoms with van der Waals surface area (Å²) in [5, 5.41) is 5.21. The monoisotopic (exact) mass is 842 g/mol. The van der Waals surface area contributed by atoms with Crippen molar-refractivity contribution >= 4 is 18.2 Å². The van der Waals surface area contributed by atoms with Crippen LogP contribution in [0, 0.1) is 13.8 Å². The number of primary amides is 1. The number of aryl methyl sites for hydroxylation is 4. The molecule has 0 saturated heterocycles. The molecule has 0 radical (unpaired) electrons. The van der Waals surface area contributed by atoms with E-state index in [-0.39, 0.29) is 6.42 Å². The van der Waals surface area contributed by atoms with Gasteiger partial charge in [-0.1, -0.05) is 66.6 Å². The topological polar surface area (TPSA) is 137 Å². The summed E-state index contributed by atoms with van der Waals surface area (Å²) >= 11 is 0. The Hall–Kier alpha value is -5.17. The molecule has 242 valence electrons. The van der Waals surface area contributed by atoms with Crippen LogP contribution in [0.25, 0.3) is 11.1 Å². The molecule has 8 nitrogen and oxygen atoms in total. The molecule has 3 aromatic carbocycles. The molecular weight excluding hydrogens is 797 g/mol. The fourth-order valence-corrected chi connectivity index (χ4v) is 5.29. The third kappa shape index (κ3) is 10.6. The Bertz CT molecular complexity index is 1340. The number of rotatable bonds is 18. The minimum absolute atomic E-state index is 0. The molecule has 0 bridgehead atoms. The normalized spacial score (nSPS) is 12.0. The van der Waals surface area contributed by atoms with E-state index >= 15 is 0 Å². The molecule has 6 N–H and O–H groups in total. The van der Waals surface area contributed by atoms with Crippen molar-refractivity contribution in [1.82, 2.24) is 10.6 Å². The number of carbonyl (C=O) groups is 2. The Labute approximate surface area is 255 Å². The van der Waals surface area contributed by atoms with Crippen molar-refractivity contribution in [2.45, 2.75) is 77.8 Å². The van der Waals surface area contributed by atoms with Crippen molar-refractivity contribution in [3.05, 3.63) is 88.5 Å². The Kier molecular flexibility index (Phi) is 14.1. The average molecular weight is 843 g/mol. The number of nitrogens with one attached hydrogen (secondary N) is 2. The van der Waals surface area contributed by atoms with Crippen LogP contribution >= 0.6 is 0 Å². The van der Waals surface area contributed by atoms with Crippen LogP contribution in [-0.2, 0) is 33.6 Å². The van der Waals surface area contributed by atoms with E-state index in [0.717, 1.165) is 48.1 Å². The summed E-state index contributed by atoms with van der Waals surface area (Å²) in [6.45, 7) is 7.52. The summed E-state index contributed by atoms with van der Waals surface area (Å²) in [7, 11) is 0. The van der Waals surface area contributed by atoms with Gasteiger partial charge in [-0.25, -0.2) is 0 Å². The number of carbonyl (C=O) groups excluding carboxylic acids is 3. The van der Waals surface area contributed by atoms with E-state index in [2.05, 4.69) is 61.7 Å². The molecule has 0 aliphatic heterocycles. The smallest absolute Gasteiger partial charge is 0.240 e. The van der Waals surface area contributed by atoms with Gasteiger partial charge in [0.15, 0.2) is 0 Å². The summed E-state index contributed by atoms with van der Waals surface area (Å²) < 4.78 is 5.88. The van der Waals surface area contributed by atoms with Crippen LogP contribution in [0.1, 0.15) is 60.4 Å². The van der Waals surface area contributed by atoms with E-state index in [1.165, 1.54) is 22.3 Å². The first-order valence-electron chi connectivity index (χ1n) is 15.1. The van der Waals surface area contributed by atoms with Crippen LogP contribution in [0.5, 0.6) is 5.75 Å². The van der Waals surface area contributed by atoms with E-state index < -0.39 is 23.9 Å². The van der Waals surface area contributed by atoms with Crippen molar-refractivity contribution < 1.29 is 19.1 Å². The number of nitrogens with two attached hydrogens (primary N) is 2. The first kappa shape index (κ1) is 35.0. The van der Waals surface area contributed by atoms with Gasteiger partial charge in [0.1, 0.15) is 11.8 Å². The fourth-order valence-electron chi connectivity index (χ4n) is 5.29. The molecule has 0 saturated carbocycles. The summed E-state index contributed by atoms with van der Waals surface area (Å²) in [6.07, 6.45) is 6.43. The van der Waals surface area contributed by atoms with Crippen LogP contribution in [-0.4, -0.2) is 43.5 Å². The minimum atomic E-state index is -0.897. The molecule has 0 aliphatic carbocycles. The fraction of sp³-hybridized carbons (Fsp3) is 0.400. The van der Waals surface area contributed by atoms with Gasteiger partial charge in [-0.3, -0.25) is 9.59 Å². The molecule has 0 aromatic heterocycles. The minimum Gasteiger partial charge on any atom is -0.520 e. The van der Waals surface area contributed by atoms with Gasteiger partial charge < -0.3 is 31.6 Å². The maximum atomic E-state index is 13.1. The summed E-state index contributed by atoms with van der Waals surface area (Å²) in [5.41, 5.74) is 18.9. The van der Waals surface area contributed by atoms with Crippen LogP contribution < -0.4 is 26.8 Å². The van der Waals surface area contributed by atoms with E-state index in [1.54, 1.807) is 6.41 Å². The average Bonchev–Trinajstić information content (AvgIpc) is 2.98. The standard InChI is InChI=1S/C35H45N4O4.Fm/c1-4-28-22-30(43-17-6-5-16-36)14-15-31(28)29-12-10-26(11-13-29)21-33(38-23-40)35(42)39-32(34(37)41)9-7-8-27-19-24(2)18-25(3)20-27;/h10-15,18-20,22,32-33H,4-9,16-17,21,36H2,1-3H3,(H2,37,41)(H,38,40)(H,39,42);/q-1;/t32?,33-;/m0./s1. The maximum absolute atomic E-state index is 13.1. The first-order valence-corrected chi connectivity index (χ1v) is 15.1. The van der Waals surface area contributed by atoms with Crippen molar-refractivity contribution in [3.63, 3.8) is 0 Å². The van der Waals surface area contributed by atoms with Crippen LogP contribution in [0.15, 0.2) is 60.7 Å². The maximum Gasteiger partial charge on any atom is 0.240 e. The van der Waals surface area contributed by atoms with E-state index in [1.807, 2.05) is 30.3 Å². The molecule has 1 unspecified atom stereocenters. The quantitative estimate of drug-likeness (QED) is 0.0866. The predicted octanol–water partition coefficient (Wildman–Crippen LogP) is 4.21. The van der Waals surface area contributed by atoms with Gasteiger partial charge in [-0.15, -0.1) is 0 Å². The van der Waals surface area contributed by atoms with E-state index in [0.29, 0.717) is 26.0 Å². The summed E-state index contributed by atoms with van der Waals surface area (Å²) in [5.74, 6) is -0.234. The largest absolute Gasteiger partial charge is 0.520 e. The van der Waals surface area contributed by atoms with Crippen LogP contribution in [0.2, 0.25) is 0 Å². The van der Waals surface area contributed by atoms with Crippen LogP contribution in [0.4, 0.5) is 0 Å². The predicted molar refractivity (Wildman–Crippen MR) is 171 cm³/mol. The van der Waals surface area contributed by atoms with Crippen molar-refractivity contribution in [2.75, 3.05) is 13.2 Å². The van der Waals surface area contributed by atoms with Gasteiger partial charge >= 0.3 is 0 Å². The summed E-state index contributed by atoms with van der Waals surface area (Å²) in [6, 6.07) is 18.6. The van der Waals surface area contributed by atoms with Crippen molar-refractivity contribution in [3.8, 4) is 16.9 Å². The van der Waals surface area contributed by atoms with Gasteiger partial charge in [-0.2, -0.15) is 6.41 Å². The van der Waals surface area contributed by atoms with Crippen molar-refractivity contribution in [1.29, 1.82) is 0 Å². The molecule has 0 fully saturated rings. The van der Waals surface area contributed by atoms with Gasteiger partial charge in [0.2, 0.25) is 11.8 Å². The third-order valence-corrected chi connectivity index (χ3v) is 7.48. The van der Waals surface area contributed by atoms with E-state index in [4.69, 9.17) is 16.2 Å². The molecule has 0 heterocycles. The molecule has 3 rings (SSSR count). The van der Waals surface area contributed by atoms with Gasteiger partial charge in [0.05, 0.1) is 12.6 Å². The molecule has 2 atom stereocenters. The second kappa shape index (κ2) is 17.7. The van der Waals surface area contributed by atoms with Gasteiger partial charge in [0, 0.05) is 0 Å². The number of benzene rings is 3. The number of ether oxygens (including phenoxy) is 1. The number of hydrogen-bond acceptors (Lipinski definition) is 5. The third-order valence-electron chi connectivity index (χ3n) is 7.48. The Balaban J connectivity index is 0.00000675. The molecule has 0 spiro atoms.